The van der Waals surface area contributed by atoms with Gasteiger partial charge in [0.05, 0.1) is 30.2 Å². The van der Waals surface area contributed by atoms with Crippen molar-refractivity contribution in [3.63, 3.8) is 0 Å². The number of nitrogens with zero attached hydrogens (tertiary/aromatic N) is 3. The number of carbonyl (C=O) groups is 1. The molecule has 7 heteroatoms. The molecule has 0 spiro atoms. The summed E-state index contributed by atoms with van der Waals surface area (Å²) in [7, 11) is 1.70. The first-order chi connectivity index (χ1) is 13.0. The number of carbonyl (C=O) groups excluding carboxylic acids is 1. The Hall–Kier alpha value is -2.72. The summed E-state index contributed by atoms with van der Waals surface area (Å²) in [6, 6.07) is 11.4. The molecule has 0 heterocycles. The predicted molar refractivity (Wildman–Crippen MR) is 108 cm³/mol. The van der Waals surface area contributed by atoms with Crippen molar-refractivity contribution in [2.45, 2.75) is 46.3 Å². The third-order valence-corrected chi connectivity index (χ3v) is 4.32. The molecule has 2 amide bonds. The van der Waals surface area contributed by atoms with Crippen molar-refractivity contribution in [2.24, 2.45) is 16.0 Å². The predicted octanol–water partition coefficient (Wildman–Crippen LogP) is 3.28. The van der Waals surface area contributed by atoms with E-state index >= 15 is 0 Å². The minimum atomic E-state index is -0.523. The maximum atomic E-state index is 11.5. The lowest BCUT2D eigenvalue weighted by molar-refractivity contribution is 0.00987. The molecular formula is C20H29N5O2. The number of rotatable bonds is 10. The maximum Gasteiger partial charge on any atom is 0.336 e. The van der Waals surface area contributed by atoms with E-state index < -0.39 is 6.03 Å². The van der Waals surface area contributed by atoms with Crippen LogP contribution in [0.25, 0.3) is 0 Å². The van der Waals surface area contributed by atoms with Crippen LogP contribution in [0.5, 0.6) is 0 Å². The molecule has 2 unspecified atom stereocenters. The van der Waals surface area contributed by atoms with Gasteiger partial charge in [-0.2, -0.15) is 10.4 Å². The average Bonchev–Trinajstić information content (AvgIpc) is 2.70. The Morgan fingerprint density at radius 1 is 1.33 bits per heavy atom. The quantitative estimate of drug-likeness (QED) is 0.375. The monoisotopic (exact) mass is 371 g/mol. The minimum absolute atomic E-state index is 0.00790. The first-order valence-electron chi connectivity index (χ1n) is 9.08. The van der Waals surface area contributed by atoms with Gasteiger partial charge in [-0.1, -0.05) is 50.6 Å². The second-order valence-corrected chi connectivity index (χ2v) is 6.24. The van der Waals surface area contributed by atoms with Gasteiger partial charge in [0.25, 0.3) is 0 Å². The summed E-state index contributed by atoms with van der Waals surface area (Å²) in [5.41, 5.74) is 4.88. The van der Waals surface area contributed by atoms with E-state index in [-0.39, 0.29) is 12.6 Å². The number of hydrogen-bond donors (Lipinski definition) is 2. The van der Waals surface area contributed by atoms with Gasteiger partial charge in [-0.3, -0.25) is 4.99 Å². The van der Waals surface area contributed by atoms with Gasteiger partial charge in [-0.15, -0.1) is 0 Å². The zero-order chi connectivity index (χ0) is 20.1. The van der Waals surface area contributed by atoms with Crippen LogP contribution < -0.4 is 10.7 Å². The molecule has 0 bridgehead atoms. The largest absolute Gasteiger partial charge is 0.373 e. The molecule has 146 valence electrons. The van der Waals surface area contributed by atoms with Crippen LogP contribution in [0.3, 0.4) is 0 Å². The van der Waals surface area contributed by atoms with E-state index in [2.05, 4.69) is 34.7 Å². The highest BCUT2D eigenvalue weighted by Gasteiger charge is 2.20. The minimum Gasteiger partial charge on any atom is -0.373 e. The number of ether oxygens (including phenoxy) is 1. The molecule has 1 aromatic carbocycles. The second kappa shape index (κ2) is 12.6. The molecule has 7 nitrogen and oxygen atoms in total. The van der Waals surface area contributed by atoms with E-state index in [1.54, 1.807) is 14.0 Å². The number of amides is 2. The molecule has 0 aromatic heterocycles. The third kappa shape index (κ3) is 8.47. The summed E-state index contributed by atoms with van der Waals surface area (Å²) in [6.07, 6.45) is 1.59. The van der Waals surface area contributed by atoms with Gasteiger partial charge in [0.1, 0.15) is 6.54 Å². The van der Waals surface area contributed by atoms with Gasteiger partial charge in [0, 0.05) is 13.5 Å². The van der Waals surface area contributed by atoms with Gasteiger partial charge < -0.3 is 10.1 Å². The van der Waals surface area contributed by atoms with E-state index in [1.807, 2.05) is 36.4 Å². The summed E-state index contributed by atoms with van der Waals surface area (Å²) in [5, 5.41) is 14.9. The van der Waals surface area contributed by atoms with Gasteiger partial charge >= 0.3 is 6.03 Å². The van der Waals surface area contributed by atoms with E-state index in [0.717, 1.165) is 17.7 Å². The smallest absolute Gasteiger partial charge is 0.336 e. The molecule has 0 aliphatic carbocycles. The zero-order valence-corrected chi connectivity index (χ0v) is 16.5. The molecule has 1 aromatic rings. The van der Waals surface area contributed by atoms with Crippen LogP contribution in [0.4, 0.5) is 4.79 Å². The SMILES string of the molecule is CCC(C)C(CC(=NC)/C(C)=N\NC(=O)NCC#N)OCc1ccccc1. The van der Waals surface area contributed by atoms with Crippen molar-refractivity contribution in [1.29, 1.82) is 5.26 Å². The Balaban J connectivity index is 2.72. The molecule has 2 atom stereocenters. The first kappa shape index (κ1) is 22.3. The molecule has 0 aliphatic rings. The Morgan fingerprint density at radius 3 is 2.63 bits per heavy atom. The van der Waals surface area contributed by atoms with E-state index in [0.29, 0.717) is 24.7 Å². The molecule has 0 fully saturated rings. The summed E-state index contributed by atoms with van der Waals surface area (Å²) in [5.74, 6) is 0.352. The fraction of sp³-hybridized carbons (Fsp3) is 0.500. The van der Waals surface area contributed by atoms with Crippen LogP contribution in [0.15, 0.2) is 40.4 Å². The Bertz CT molecular complexity index is 679. The molecular weight excluding hydrogens is 342 g/mol. The highest BCUT2D eigenvalue weighted by Crippen LogP contribution is 2.18. The van der Waals surface area contributed by atoms with Crippen molar-refractivity contribution in [3.8, 4) is 6.07 Å². The third-order valence-electron chi connectivity index (χ3n) is 4.32. The molecule has 0 saturated carbocycles. The number of hydrogen-bond acceptors (Lipinski definition) is 5. The number of hydrazone groups is 1. The van der Waals surface area contributed by atoms with Crippen LogP contribution in [-0.4, -0.2) is 37.2 Å². The summed E-state index contributed by atoms with van der Waals surface area (Å²) in [4.78, 5) is 15.8. The van der Waals surface area contributed by atoms with Crippen LogP contribution in [-0.2, 0) is 11.3 Å². The van der Waals surface area contributed by atoms with Crippen LogP contribution in [0, 0.1) is 17.2 Å². The summed E-state index contributed by atoms with van der Waals surface area (Å²) >= 11 is 0. The van der Waals surface area contributed by atoms with Crippen LogP contribution in [0.1, 0.15) is 39.2 Å². The number of benzene rings is 1. The fourth-order valence-electron chi connectivity index (χ4n) is 2.41. The van der Waals surface area contributed by atoms with Crippen molar-refractivity contribution < 1.29 is 9.53 Å². The maximum absolute atomic E-state index is 11.5. The van der Waals surface area contributed by atoms with Gasteiger partial charge in [0.2, 0.25) is 0 Å². The van der Waals surface area contributed by atoms with Crippen molar-refractivity contribution in [3.05, 3.63) is 35.9 Å². The van der Waals surface area contributed by atoms with Gasteiger partial charge in [-0.05, 0) is 18.4 Å². The fourth-order valence-corrected chi connectivity index (χ4v) is 2.41. The van der Waals surface area contributed by atoms with E-state index in [9.17, 15) is 4.79 Å². The molecule has 1 rings (SSSR count). The molecule has 0 aliphatic heterocycles. The normalized spacial score (nSPS) is 14.2. The van der Waals surface area contributed by atoms with Crippen molar-refractivity contribution >= 4 is 17.5 Å². The number of nitriles is 1. The first-order valence-corrected chi connectivity index (χ1v) is 9.08. The lowest BCUT2D eigenvalue weighted by Crippen LogP contribution is -2.34. The molecule has 0 saturated heterocycles. The van der Waals surface area contributed by atoms with Crippen LogP contribution in [0.2, 0.25) is 0 Å². The van der Waals surface area contributed by atoms with E-state index in [4.69, 9.17) is 10.00 Å². The highest BCUT2D eigenvalue weighted by molar-refractivity contribution is 6.41. The lowest BCUT2D eigenvalue weighted by atomic mass is 9.95. The highest BCUT2D eigenvalue weighted by atomic mass is 16.5. The Morgan fingerprint density at radius 2 is 2.04 bits per heavy atom. The van der Waals surface area contributed by atoms with Crippen LogP contribution >= 0.6 is 0 Å². The van der Waals surface area contributed by atoms with E-state index in [1.165, 1.54) is 0 Å². The molecule has 0 radical (unpaired) electrons. The topological polar surface area (TPSA) is 98.9 Å². The average molecular weight is 371 g/mol. The van der Waals surface area contributed by atoms with Crippen molar-refractivity contribution in [2.75, 3.05) is 13.6 Å². The Labute approximate surface area is 161 Å². The van der Waals surface area contributed by atoms with Crippen molar-refractivity contribution in [1.82, 2.24) is 10.7 Å². The number of urea groups is 1. The standard InChI is InChI=1S/C20H29N5O2/c1-5-15(2)19(27-14-17-9-7-6-8-10-17)13-18(22-4)16(3)24-25-20(26)23-12-11-21/h6-10,15,19H,5,12-14H2,1-4H3,(H2,23,25,26)/b22-18?,24-16-. The second-order valence-electron chi connectivity index (χ2n) is 6.24. The Kier molecular flexibility index (Phi) is 10.4. The number of nitrogens with one attached hydrogen (secondary N) is 2. The zero-order valence-electron chi connectivity index (χ0n) is 16.5. The number of aliphatic imine (C=N–C) groups is 1. The summed E-state index contributed by atoms with van der Waals surface area (Å²) < 4.78 is 6.17. The molecule has 2 N–H and O–H groups in total. The van der Waals surface area contributed by atoms with Gasteiger partial charge in [0.15, 0.2) is 0 Å². The van der Waals surface area contributed by atoms with Gasteiger partial charge in [-0.25, -0.2) is 10.2 Å². The summed E-state index contributed by atoms with van der Waals surface area (Å²) in [6.45, 7) is 6.55. The lowest BCUT2D eigenvalue weighted by Gasteiger charge is -2.24. The molecule has 27 heavy (non-hydrogen) atoms.